The normalized spacial score (nSPS) is 13.1. The fourth-order valence-electron chi connectivity index (χ4n) is 1.19. The molecule has 2 N–H and O–H groups in total. The van der Waals surface area contributed by atoms with Gasteiger partial charge in [0.05, 0.1) is 6.42 Å². The molecule has 0 bridgehead atoms. The molecule has 4 nitrogen and oxygen atoms in total. The molecule has 1 unspecified atom stereocenters. The van der Waals surface area contributed by atoms with Crippen LogP contribution in [0, 0.1) is 0 Å². The van der Waals surface area contributed by atoms with E-state index in [9.17, 15) is 18.0 Å². The minimum Gasteiger partial charge on any atom is -0.491 e. The largest absolute Gasteiger partial charge is 0.491 e. The Balaban J connectivity index is 2.60. The highest BCUT2D eigenvalue weighted by molar-refractivity contribution is 5.70. The smallest absolute Gasteiger partial charge is 0.417 e. The van der Waals surface area contributed by atoms with Gasteiger partial charge in [-0.25, -0.2) is 0 Å². The van der Waals surface area contributed by atoms with Crippen LogP contribution in [0.4, 0.5) is 13.2 Å². The lowest BCUT2D eigenvalue weighted by Crippen LogP contribution is -2.34. The lowest BCUT2D eigenvalue weighted by molar-refractivity contribution is -0.210. The zero-order chi connectivity index (χ0) is 13.8. The van der Waals surface area contributed by atoms with Crippen LogP contribution in [0.15, 0.2) is 24.3 Å². The summed E-state index contributed by atoms with van der Waals surface area (Å²) >= 11 is 0. The number of carbonyl (C=O) groups is 1. The lowest BCUT2D eigenvalue weighted by Gasteiger charge is -2.15. The minimum absolute atomic E-state index is 0.0806. The minimum atomic E-state index is -4.74. The molecule has 1 rings (SSSR count). The number of aliphatic carboxylic acids is 1. The van der Waals surface area contributed by atoms with Crippen LogP contribution in [0.25, 0.3) is 0 Å². The van der Waals surface area contributed by atoms with Crippen molar-refractivity contribution in [3.8, 4) is 5.75 Å². The predicted molar refractivity (Wildman–Crippen MR) is 55.3 cm³/mol. The Kier molecular flexibility index (Phi) is 4.55. The Hall–Kier alpha value is -1.76. The van der Waals surface area contributed by atoms with E-state index >= 15 is 0 Å². The van der Waals surface area contributed by atoms with Gasteiger partial charge in [-0.1, -0.05) is 12.1 Å². The highest BCUT2D eigenvalue weighted by Gasteiger charge is 2.38. The highest BCUT2D eigenvalue weighted by atomic mass is 19.4. The molecule has 1 aromatic carbocycles. The van der Waals surface area contributed by atoms with Crippen molar-refractivity contribution in [2.45, 2.75) is 18.7 Å². The van der Waals surface area contributed by atoms with Crippen LogP contribution in [0.3, 0.4) is 0 Å². The Morgan fingerprint density at radius 2 is 2.06 bits per heavy atom. The number of alkyl halides is 3. The molecule has 1 aromatic rings. The standard InChI is InChI=1S/C11H11F3O4/c12-11(13,14)9(15)6-18-8-3-1-2-7(4-8)5-10(16)17/h1-4,9,15H,5-6H2,(H,16,17). The molecular weight excluding hydrogens is 253 g/mol. The van der Waals surface area contributed by atoms with Gasteiger partial charge in [0.1, 0.15) is 12.4 Å². The topological polar surface area (TPSA) is 66.8 Å². The Labute approximate surface area is 101 Å². The third kappa shape index (κ3) is 4.62. The molecule has 0 aliphatic rings. The maximum absolute atomic E-state index is 12.0. The summed E-state index contributed by atoms with van der Waals surface area (Å²) in [4.78, 5) is 10.4. The molecule has 0 saturated heterocycles. The zero-order valence-electron chi connectivity index (χ0n) is 9.15. The van der Waals surface area contributed by atoms with E-state index in [2.05, 4.69) is 0 Å². The maximum Gasteiger partial charge on any atom is 0.417 e. The number of halogens is 3. The van der Waals surface area contributed by atoms with E-state index in [0.29, 0.717) is 5.56 Å². The number of ether oxygens (including phenoxy) is 1. The van der Waals surface area contributed by atoms with Crippen LogP contribution in [0.2, 0.25) is 0 Å². The van der Waals surface area contributed by atoms with Crippen LogP contribution in [-0.4, -0.2) is 35.1 Å². The Morgan fingerprint density at radius 3 is 2.61 bits per heavy atom. The summed E-state index contributed by atoms with van der Waals surface area (Å²) in [7, 11) is 0. The predicted octanol–water partition coefficient (Wildman–Crippen LogP) is 1.62. The number of rotatable bonds is 5. The summed E-state index contributed by atoms with van der Waals surface area (Å²) < 4.78 is 40.7. The first-order valence-corrected chi connectivity index (χ1v) is 4.97. The number of hydrogen-bond acceptors (Lipinski definition) is 3. The number of hydrogen-bond donors (Lipinski definition) is 2. The van der Waals surface area contributed by atoms with E-state index in [-0.39, 0.29) is 12.2 Å². The van der Waals surface area contributed by atoms with E-state index in [0.717, 1.165) is 0 Å². The molecule has 18 heavy (non-hydrogen) atoms. The van der Waals surface area contributed by atoms with E-state index in [1.54, 1.807) is 0 Å². The summed E-state index contributed by atoms with van der Waals surface area (Å²) in [6, 6.07) is 5.68. The Morgan fingerprint density at radius 1 is 1.39 bits per heavy atom. The summed E-state index contributed by atoms with van der Waals surface area (Å²) in [5.74, 6) is -0.973. The van der Waals surface area contributed by atoms with E-state index in [4.69, 9.17) is 14.9 Å². The van der Waals surface area contributed by atoms with Crippen molar-refractivity contribution in [1.29, 1.82) is 0 Å². The number of aliphatic hydroxyl groups is 1. The van der Waals surface area contributed by atoms with Crippen molar-refractivity contribution in [2.24, 2.45) is 0 Å². The second-order valence-corrected chi connectivity index (χ2v) is 3.59. The molecule has 0 aliphatic heterocycles. The molecular formula is C11H11F3O4. The van der Waals surface area contributed by atoms with E-state index < -0.39 is 24.9 Å². The van der Waals surface area contributed by atoms with Gasteiger partial charge in [0.15, 0.2) is 6.10 Å². The maximum atomic E-state index is 12.0. The first kappa shape index (κ1) is 14.3. The average molecular weight is 264 g/mol. The van der Waals surface area contributed by atoms with Gasteiger partial charge in [-0.3, -0.25) is 4.79 Å². The highest BCUT2D eigenvalue weighted by Crippen LogP contribution is 2.21. The molecule has 0 saturated carbocycles. The number of carboxylic acid groups (broad SMARTS) is 1. The fraction of sp³-hybridized carbons (Fsp3) is 0.364. The lowest BCUT2D eigenvalue weighted by atomic mass is 10.1. The first-order chi connectivity index (χ1) is 8.29. The van der Waals surface area contributed by atoms with Gasteiger partial charge in [0, 0.05) is 0 Å². The quantitative estimate of drug-likeness (QED) is 0.848. The molecule has 0 aliphatic carbocycles. The third-order valence-corrected chi connectivity index (χ3v) is 2.04. The number of carboxylic acids is 1. The van der Waals surface area contributed by atoms with Gasteiger partial charge >= 0.3 is 12.1 Å². The summed E-state index contributed by atoms with van der Waals surface area (Å²) in [6.45, 7) is -0.931. The molecule has 0 radical (unpaired) electrons. The second-order valence-electron chi connectivity index (χ2n) is 3.59. The number of aliphatic hydroxyl groups excluding tert-OH is 1. The van der Waals surface area contributed by atoms with Crippen LogP contribution in [0.5, 0.6) is 5.75 Å². The van der Waals surface area contributed by atoms with Gasteiger partial charge in [0.2, 0.25) is 0 Å². The van der Waals surface area contributed by atoms with Crippen LogP contribution >= 0.6 is 0 Å². The fourth-order valence-corrected chi connectivity index (χ4v) is 1.19. The molecule has 0 fully saturated rings. The first-order valence-electron chi connectivity index (χ1n) is 4.97. The molecule has 0 heterocycles. The number of benzene rings is 1. The van der Waals surface area contributed by atoms with Crippen LogP contribution in [-0.2, 0) is 11.2 Å². The molecule has 1 atom stereocenters. The molecule has 100 valence electrons. The van der Waals surface area contributed by atoms with Gasteiger partial charge in [-0.15, -0.1) is 0 Å². The second kappa shape index (κ2) is 5.72. The monoisotopic (exact) mass is 264 g/mol. The van der Waals surface area contributed by atoms with Gasteiger partial charge < -0.3 is 14.9 Å². The van der Waals surface area contributed by atoms with Gasteiger partial charge in [0.25, 0.3) is 0 Å². The summed E-state index contributed by atoms with van der Waals surface area (Å²) in [5, 5.41) is 17.3. The average Bonchev–Trinajstić information content (AvgIpc) is 2.24. The van der Waals surface area contributed by atoms with Crippen molar-refractivity contribution in [3.05, 3.63) is 29.8 Å². The van der Waals surface area contributed by atoms with Crippen molar-refractivity contribution < 1.29 is 32.9 Å². The molecule has 0 spiro atoms. The Bertz CT molecular complexity index is 417. The van der Waals surface area contributed by atoms with Crippen molar-refractivity contribution in [1.82, 2.24) is 0 Å². The van der Waals surface area contributed by atoms with E-state index in [1.807, 2.05) is 0 Å². The SMILES string of the molecule is O=C(O)Cc1cccc(OCC(O)C(F)(F)F)c1. The summed E-state index contributed by atoms with van der Waals surface area (Å²) in [6.07, 6.45) is -7.56. The van der Waals surface area contributed by atoms with Gasteiger partial charge in [-0.2, -0.15) is 13.2 Å². The van der Waals surface area contributed by atoms with Gasteiger partial charge in [-0.05, 0) is 17.7 Å². The van der Waals surface area contributed by atoms with Crippen LogP contribution < -0.4 is 4.74 Å². The summed E-state index contributed by atoms with van der Waals surface area (Å²) in [5.41, 5.74) is 0.404. The van der Waals surface area contributed by atoms with Crippen molar-refractivity contribution in [3.63, 3.8) is 0 Å². The molecule has 0 amide bonds. The van der Waals surface area contributed by atoms with Crippen molar-refractivity contribution in [2.75, 3.05) is 6.61 Å². The third-order valence-electron chi connectivity index (χ3n) is 2.04. The molecule has 0 aromatic heterocycles. The van der Waals surface area contributed by atoms with E-state index in [1.165, 1.54) is 24.3 Å². The zero-order valence-corrected chi connectivity index (χ0v) is 9.15. The molecule has 7 heteroatoms. The van der Waals surface area contributed by atoms with Crippen molar-refractivity contribution >= 4 is 5.97 Å². The van der Waals surface area contributed by atoms with Crippen LogP contribution in [0.1, 0.15) is 5.56 Å².